The number of alkyl halides is 3. The molecule has 3 atom stereocenters. The van der Waals surface area contributed by atoms with Crippen LogP contribution in [0.25, 0.3) is 0 Å². The van der Waals surface area contributed by atoms with Crippen molar-refractivity contribution < 1.29 is 17.4 Å². The molecule has 1 aromatic carbocycles. The number of hydrogen-bond acceptors (Lipinski definition) is 2. The van der Waals surface area contributed by atoms with Crippen molar-refractivity contribution in [2.24, 2.45) is 11.7 Å². The predicted molar refractivity (Wildman–Crippen MR) is 68.0 cm³/mol. The lowest BCUT2D eigenvalue weighted by molar-refractivity contribution is -0.137. The van der Waals surface area contributed by atoms with Crippen molar-refractivity contribution in [3.8, 4) is 0 Å². The normalized spacial score (nSPS) is 25.5. The second kappa shape index (κ2) is 5.63. The lowest BCUT2D eigenvalue weighted by Crippen LogP contribution is -2.26. The molecule has 0 heterocycles. The van der Waals surface area contributed by atoms with Crippen molar-refractivity contribution in [1.82, 2.24) is 0 Å². The van der Waals surface area contributed by atoms with Crippen LogP contribution in [0.3, 0.4) is 0 Å². The van der Waals surface area contributed by atoms with Crippen LogP contribution in [0.2, 0.25) is 0 Å². The molecule has 1 saturated carbocycles. The van der Waals surface area contributed by atoms with Crippen LogP contribution in [-0.4, -0.2) is 16.0 Å². The molecule has 2 rings (SSSR count). The van der Waals surface area contributed by atoms with Crippen LogP contribution in [0.5, 0.6) is 0 Å². The first-order chi connectivity index (χ1) is 8.93. The Morgan fingerprint density at radius 3 is 2.68 bits per heavy atom. The first kappa shape index (κ1) is 14.5. The van der Waals surface area contributed by atoms with E-state index in [-0.39, 0.29) is 16.1 Å². The SMILES string of the molecule is NCC1CCCC1S(=O)c1cccc(C(F)(F)F)c1. The van der Waals surface area contributed by atoms with Crippen LogP contribution >= 0.6 is 0 Å². The molecule has 0 radical (unpaired) electrons. The predicted octanol–water partition coefficient (Wildman–Crippen LogP) is 2.94. The van der Waals surface area contributed by atoms with E-state index in [0.29, 0.717) is 6.54 Å². The van der Waals surface area contributed by atoms with Crippen molar-refractivity contribution in [2.75, 3.05) is 6.54 Å². The fourth-order valence-corrected chi connectivity index (χ4v) is 4.31. The van der Waals surface area contributed by atoms with Gasteiger partial charge in [0, 0.05) is 10.1 Å². The molecule has 0 aliphatic heterocycles. The zero-order chi connectivity index (χ0) is 14.0. The monoisotopic (exact) mass is 291 g/mol. The summed E-state index contributed by atoms with van der Waals surface area (Å²) in [5.74, 6) is 0.148. The van der Waals surface area contributed by atoms with Gasteiger partial charge in [0.25, 0.3) is 0 Å². The van der Waals surface area contributed by atoms with Crippen LogP contribution in [0.15, 0.2) is 29.2 Å². The van der Waals surface area contributed by atoms with Gasteiger partial charge in [0.05, 0.1) is 16.4 Å². The summed E-state index contributed by atoms with van der Waals surface area (Å²) in [7, 11) is -1.41. The number of rotatable bonds is 3. The third-order valence-electron chi connectivity index (χ3n) is 3.56. The maximum Gasteiger partial charge on any atom is 0.416 e. The van der Waals surface area contributed by atoms with Crippen molar-refractivity contribution in [2.45, 2.75) is 35.6 Å². The Labute approximate surface area is 112 Å². The molecule has 0 saturated heterocycles. The molecule has 1 aromatic rings. The molecule has 1 aliphatic rings. The topological polar surface area (TPSA) is 43.1 Å². The van der Waals surface area contributed by atoms with Gasteiger partial charge in [0.15, 0.2) is 0 Å². The molecular weight excluding hydrogens is 275 g/mol. The Kier molecular flexibility index (Phi) is 4.30. The minimum absolute atomic E-state index is 0.117. The van der Waals surface area contributed by atoms with Gasteiger partial charge in [-0.25, -0.2) is 0 Å². The summed E-state index contributed by atoms with van der Waals surface area (Å²) in [4.78, 5) is 0.250. The van der Waals surface area contributed by atoms with Gasteiger partial charge in [-0.15, -0.1) is 0 Å². The quantitative estimate of drug-likeness (QED) is 0.930. The average molecular weight is 291 g/mol. The summed E-state index contributed by atoms with van der Waals surface area (Å²) in [6, 6.07) is 4.79. The molecule has 6 heteroatoms. The average Bonchev–Trinajstić information content (AvgIpc) is 2.85. The highest BCUT2D eigenvalue weighted by atomic mass is 32.2. The lowest BCUT2D eigenvalue weighted by atomic mass is 10.1. The van der Waals surface area contributed by atoms with Gasteiger partial charge in [-0.1, -0.05) is 12.5 Å². The van der Waals surface area contributed by atoms with Gasteiger partial charge < -0.3 is 5.73 Å². The van der Waals surface area contributed by atoms with Gasteiger partial charge in [-0.05, 0) is 43.5 Å². The highest BCUT2D eigenvalue weighted by Crippen LogP contribution is 2.34. The molecule has 19 heavy (non-hydrogen) atoms. The molecular formula is C13H16F3NOS. The summed E-state index contributed by atoms with van der Waals surface area (Å²) in [5, 5.41) is -0.117. The minimum Gasteiger partial charge on any atom is -0.330 e. The second-order valence-electron chi connectivity index (χ2n) is 4.79. The van der Waals surface area contributed by atoms with Crippen LogP contribution < -0.4 is 5.73 Å². The smallest absolute Gasteiger partial charge is 0.330 e. The maximum atomic E-state index is 12.6. The van der Waals surface area contributed by atoms with Crippen LogP contribution in [0, 0.1) is 5.92 Å². The Hall–Kier alpha value is -0.880. The summed E-state index contributed by atoms with van der Waals surface area (Å²) in [5.41, 5.74) is 4.88. The lowest BCUT2D eigenvalue weighted by Gasteiger charge is -2.18. The molecule has 1 aliphatic carbocycles. The zero-order valence-electron chi connectivity index (χ0n) is 10.3. The Morgan fingerprint density at radius 1 is 1.32 bits per heavy atom. The van der Waals surface area contributed by atoms with E-state index in [1.165, 1.54) is 12.1 Å². The van der Waals surface area contributed by atoms with Crippen molar-refractivity contribution in [3.05, 3.63) is 29.8 Å². The number of hydrogen-bond donors (Lipinski definition) is 1. The molecule has 0 amide bonds. The third kappa shape index (κ3) is 3.17. The first-order valence-corrected chi connectivity index (χ1v) is 7.42. The molecule has 1 fully saturated rings. The van der Waals surface area contributed by atoms with Gasteiger partial charge in [0.1, 0.15) is 0 Å². The van der Waals surface area contributed by atoms with E-state index >= 15 is 0 Å². The molecule has 106 valence electrons. The van der Waals surface area contributed by atoms with E-state index < -0.39 is 22.5 Å². The summed E-state index contributed by atoms with van der Waals surface area (Å²) in [6.07, 6.45) is -1.78. The molecule has 2 nitrogen and oxygen atoms in total. The summed E-state index contributed by atoms with van der Waals surface area (Å²) >= 11 is 0. The van der Waals surface area contributed by atoms with Crippen LogP contribution in [-0.2, 0) is 17.0 Å². The highest BCUT2D eigenvalue weighted by molar-refractivity contribution is 7.85. The third-order valence-corrected chi connectivity index (χ3v) is 5.45. The van der Waals surface area contributed by atoms with Crippen LogP contribution in [0.1, 0.15) is 24.8 Å². The Morgan fingerprint density at radius 2 is 2.05 bits per heavy atom. The van der Waals surface area contributed by atoms with E-state index in [2.05, 4.69) is 0 Å². The van der Waals surface area contributed by atoms with Gasteiger partial charge in [-0.3, -0.25) is 4.21 Å². The number of nitrogens with two attached hydrogens (primary N) is 1. The van der Waals surface area contributed by atoms with Gasteiger partial charge in [-0.2, -0.15) is 13.2 Å². The van der Waals surface area contributed by atoms with E-state index in [0.717, 1.165) is 31.4 Å². The van der Waals surface area contributed by atoms with Crippen molar-refractivity contribution in [3.63, 3.8) is 0 Å². The zero-order valence-corrected chi connectivity index (χ0v) is 11.1. The number of halogens is 3. The molecule has 3 unspecified atom stereocenters. The van der Waals surface area contributed by atoms with Crippen LogP contribution in [0.4, 0.5) is 13.2 Å². The second-order valence-corrected chi connectivity index (χ2v) is 6.46. The standard InChI is InChI=1S/C13H16F3NOS/c14-13(15,16)10-4-2-5-11(7-10)19(18)12-6-1-3-9(12)8-17/h2,4-5,7,9,12H,1,3,6,8,17H2. The fourth-order valence-electron chi connectivity index (χ4n) is 2.53. The highest BCUT2D eigenvalue weighted by Gasteiger charge is 2.34. The molecule has 0 bridgehead atoms. The van der Waals surface area contributed by atoms with E-state index in [4.69, 9.17) is 5.73 Å². The Balaban J connectivity index is 2.24. The van der Waals surface area contributed by atoms with Gasteiger partial charge >= 0.3 is 6.18 Å². The summed E-state index contributed by atoms with van der Waals surface area (Å²) in [6.45, 7) is 0.440. The number of benzene rings is 1. The summed E-state index contributed by atoms with van der Waals surface area (Å²) < 4.78 is 50.3. The van der Waals surface area contributed by atoms with Crippen molar-refractivity contribution >= 4 is 10.8 Å². The van der Waals surface area contributed by atoms with Crippen molar-refractivity contribution in [1.29, 1.82) is 0 Å². The van der Waals surface area contributed by atoms with E-state index in [1.807, 2.05) is 0 Å². The molecule has 0 spiro atoms. The minimum atomic E-state index is -4.40. The van der Waals surface area contributed by atoms with Gasteiger partial charge in [0.2, 0.25) is 0 Å². The Bertz CT molecular complexity index is 475. The maximum absolute atomic E-state index is 12.6. The molecule has 0 aromatic heterocycles. The van der Waals surface area contributed by atoms with E-state index in [1.54, 1.807) is 0 Å². The fraction of sp³-hybridized carbons (Fsp3) is 0.538. The largest absolute Gasteiger partial charge is 0.416 e. The molecule has 2 N–H and O–H groups in total. The van der Waals surface area contributed by atoms with E-state index in [9.17, 15) is 17.4 Å². The first-order valence-electron chi connectivity index (χ1n) is 6.21.